The van der Waals surface area contributed by atoms with E-state index in [0.29, 0.717) is 0 Å². The van der Waals surface area contributed by atoms with Gasteiger partial charge in [-0.25, -0.2) is 0 Å². The van der Waals surface area contributed by atoms with Crippen molar-refractivity contribution in [1.82, 2.24) is 4.98 Å². The zero-order valence-corrected chi connectivity index (χ0v) is 12.1. The van der Waals surface area contributed by atoms with Crippen molar-refractivity contribution >= 4 is 33.5 Å². The van der Waals surface area contributed by atoms with Gasteiger partial charge in [0.15, 0.2) is 5.17 Å². The van der Waals surface area contributed by atoms with Crippen LogP contribution < -0.4 is 5.32 Å². The molecule has 1 saturated carbocycles. The Kier molecular flexibility index (Phi) is 2.91. The van der Waals surface area contributed by atoms with E-state index in [-0.39, 0.29) is 5.54 Å². The molecule has 2 heterocycles. The standard InChI is InChI=1S/C16H17N3S/c1-2-9-16(8-1)11-20-15(19-16)18-13-7-3-5-12-6-4-10-17-14(12)13/h3-7,10H,1-2,8-9,11H2,(H,18,19). The molecule has 0 bridgehead atoms. The van der Waals surface area contributed by atoms with Crippen LogP contribution in [0, 0.1) is 0 Å². The maximum absolute atomic E-state index is 4.96. The lowest BCUT2D eigenvalue weighted by Gasteiger charge is -2.16. The van der Waals surface area contributed by atoms with E-state index < -0.39 is 0 Å². The van der Waals surface area contributed by atoms with E-state index in [2.05, 4.69) is 34.6 Å². The fourth-order valence-electron chi connectivity index (χ4n) is 3.16. The Labute approximate surface area is 122 Å². The zero-order chi connectivity index (χ0) is 13.4. The molecule has 1 spiro atoms. The summed E-state index contributed by atoms with van der Waals surface area (Å²) in [5.74, 6) is 1.13. The molecule has 2 aromatic rings. The Morgan fingerprint density at radius 2 is 1.95 bits per heavy atom. The minimum atomic E-state index is 0.227. The number of fused-ring (bicyclic) bond motifs is 1. The highest BCUT2D eigenvalue weighted by Crippen LogP contribution is 2.41. The predicted molar refractivity (Wildman–Crippen MR) is 86.5 cm³/mol. The van der Waals surface area contributed by atoms with Crippen molar-refractivity contribution in [2.75, 3.05) is 11.1 Å². The molecule has 1 aromatic heterocycles. The third kappa shape index (κ3) is 2.08. The van der Waals surface area contributed by atoms with Crippen LogP contribution >= 0.6 is 11.8 Å². The van der Waals surface area contributed by atoms with Gasteiger partial charge < -0.3 is 5.32 Å². The minimum Gasteiger partial charge on any atom is -0.333 e. The van der Waals surface area contributed by atoms with Crippen molar-refractivity contribution in [3.05, 3.63) is 36.5 Å². The van der Waals surface area contributed by atoms with Crippen LogP contribution in [0.4, 0.5) is 5.69 Å². The number of anilines is 1. The number of hydrogen-bond acceptors (Lipinski definition) is 4. The van der Waals surface area contributed by atoms with Gasteiger partial charge in [-0.3, -0.25) is 9.98 Å². The number of benzene rings is 1. The van der Waals surface area contributed by atoms with Crippen LogP contribution in [0.5, 0.6) is 0 Å². The van der Waals surface area contributed by atoms with Gasteiger partial charge in [0.05, 0.1) is 16.7 Å². The fourth-order valence-corrected chi connectivity index (χ4v) is 4.36. The first-order valence-electron chi connectivity index (χ1n) is 7.18. The van der Waals surface area contributed by atoms with Gasteiger partial charge in [0.25, 0.3) is 0 Å². The average Bonchev–Trinajstić information content (AvgIpc) is 3.10. The highest BCUT2D eigenvalue weighted by molar-refractivity contribution is 8.14. The average molecular weight is 283 g/mol. The normalized spacial score (nSPS) is 20.5. The lowest BCUT2D eigenvalue weighted by atomic mass is 10.0. The van der Waals surface area contributed by atoms with E-state index in [1.54, 1.807) is 0 Å². The Balaban J connectivity index is 1.65. The van der Waals surface area contributed by atoms with Crippen LogP contribution in [0.15, 0.2) is 41.5 Å². The summed E-state index contributed by atoms with van der Waals surface area (Å²) in [6.07, 6.45) is 6.99. The van der Waals surface area contributed by atoms with E-state index in [4.69, 9.17) is 4.99 Å². The molecule has 1 fully saturated rings. The maximum Gasteiger partial charge on any atom is 0.161 e. The van der Waals surface area contributed by atoms with Crippen LogP contribution in [0.1, 0.15) is 25.7 Å². The van der Waals surface area contributed by atoms with Crippen LogP contribution in [0.2, 0.25) is 0 Å². The van der Waals surface area contributed by atoms with Crippen molar-refractivity contribution in [3.63, 3.8) is 0 Å². The number of pyridine rings is 1. The van der Waals surface area contributed by atoms with Gasteiger partial charge in [-0.2, -0.15) is 0 Å². The Hall–Kier alpha value is -1.55. The Morgan fingerprint density at radius 1 is 1.10 bits per heavy atom. The SMILES string of the molecule is c1cnc2c(NC3=NC4(CCCC4)CS3)cccc2c1. The molecule has 102 valence electrons. The number of aromatic nitrogens is 1. The number of thioether (sulfide) groups is 1. The quantitative estimate of drug-likeness (QED) is 0.857. The number of hydrogen-bond donors (Lipinski definition) is 1. The Bertz CT molecular complexity index is 669. The summed E-state index contributed by atoms with van der Waals surface area (Å²) < 4.78 is 0. The summed E-state index contributed by atoms with van der Waals surface area (Å²) in [6.45, 7) is 0. The Morgan fingerprint density at radius 3 is 2.85 bits per heavy atom. The van der Waals surface area contributed by atoms with E-state index >= 15 is 0 Å². The molecule has 1 aromatic carbocycles. The lowest BCUT2D eigenvalue weighted by Crippen LogP contribution is -2.21. The number of amidine groups is 1. The van der Waals surface area contributed by atoms with E-state index in [9.17, 15) is 0 Å². The molecule has 0 amide bonds. The molecule has 0 unspecified atom stereocenters. The number of aliphatic imine (C=N–C) groups is 1. The van der Waals surface area contributed by atoms with E-state index in [1.165, 1.54) is 25.7 Å². The van der Waals surface area contributed by atoms with Crippen LogP contribution in [0.3, 0.4) is 0 Å². The summed E-state index contributed by atoms with van der Waals surface area (Å²) in [4.78, 5) is 9.45. The second-order valence-corrected chi connectivity index (χ2v) is 6.61. The molecule has 3 nitrogen and oxygen atoms in total. The van der Waals surface area contributed by atoms with Crippen LogP contribution in [0.25, 0.3) is 10.9 Å². The number of para-hydroxylation sites is 1. The zero-order valence-electron chi connectivity index (χ0n) is 11.3. The summed E-state index contributed by atoms with van der Waals surface area (Å²) in [6, 6.07) is 10.3. The topological polar surface area (TPSA) is 37.3 Å². The minimum absolute atomic E-state index is 0.227. The molecule has 1 aliphatic carbocycles. The molecule has 20 heavy (non-hydrogen) atoms. The largest absolute Gasteiger partial charge is 0.333 e. The molecular formula is C16H17N3S. The summed E-state index contributed by atoms with van der Waals surface area (Å²) >= 11 is 1.85. The van der Waals surface area contributed by atoms with Gasteiger partial charge in [-0.15, -0.1) is 0 Å². The number of rotatable bonds is 1. The molecule has 1 aliphatic heterocycles. The van der Waals surface area contributed by atoms with Crippen molar-refractivity contribution < 1.29 is 0 Å². The predicted octanol–water partition coefficient (Wildman–Crippen LogP) is 4.06. The summed E-state index contributed by atoms with van der Waals surface area (Å²) in [5, 5.41) is 5.71. The van der Waals surface area contributed by atoms with Crippen molar-refractivity contribution in [2.24, 2.45) is 4.99 Å². The van der Waals surface area contributed by atoms with E-state index in [0.717, 1.165) is 27.5 Å². The van der Waals surface area contributed by atoms with Crippen molar-refractivity contribution in [2.45, 2.75) is 31.2 Å². The summed E-state index contributed by atoms with van der Waals surface area (Å²) in [5.41, 5.74) is 2.31. The first kappa shape index (κ1) is 12.2. The third-order valence-electron chi connectivity index (χ3n) is 4.22. The maximum atomic E-state index is 4.96. The molecule has 0 atom stereocenters. The van der Waals surface area contributed by atoms with Gasteiger partial charge in [-0.05, 0) is 25.0 Å². The monoisotopic (exact) mass is 283 g/mol. The molecule has 4 rings (SSSR count). The summed E-state index contributed by atoms with van der Waals surface area (Å²) in [7, 11) is 0. The number of nitrogens with zero attached hydrogens (tertiary/aromatic N) is 2. The van der Waals surface area contributed by atoms with Crippen molar-refractivity contribution in [3.8, 4) is 0 Å². The number of nitrogens with one attached hydrogen (secondary N) is 1. The molecule has 4 heteroatoms. The highest BCUT2D eigenvalue weighted by atomic mass is 32.2. The molecule has 1 N–H and O–H groups in total. The molecular weight excluding hydrogens is 266 g/mol. The smallest absolute Gasteiger partial charge is 0.161 e. The lowest BCUT2D eigenvalue weighted by molar-refractivity contribution is 0.508. The second kappa shape index (κ2) is 4.77. The van der Waals surface area contributed by atoms with Crippen LogP contribution in [-0.2, 0) is 0 Å². The fraction of sp³-hybridized carbons (Fsp3) is 0.375. The van der Waals surface area contributed by atoms with Gasteiger partial charge in [-0.1, -0.05) is 42.8 Å². The third-order valence-corrected chi connectivity index (χ3v) is 5.37. The van der Waals surface area contributed by atoms with E-state index in [1.807, 2.05) is 24.0 Å². The van der Waals surface area contributed by atoms with Crippen molar-refractivity contribution in [1.29, 1.82) is 0 Å². The molecule has 2 aliphatic rings. The van der Waals surface area contributed by atoms with Gasteiger partial charge in [0, 0.05) is 17.3 Å². The van der Waals surface area contributed by atoms with Crippen LogP contribution in [-0.4, -0.2) is 21.4 Å². The molecule has 0 saturated heterocycles. The van der Waals surface area contributed by atoms with Gasteiger partial charge in [0.2, 0.25) is 0 Å². The van der Waals surface area contributed by atoms with Gasteiger partial charge >= 0.3 is 0 Å². The first-order chi connectivity index (χ1) is 9.85. The molecule has 0 radical (unpaired) electrons. The van der Waals surface area contributed by atoms with Gasteiger partial charge in [0.1, 0.15) is 0 Å². The first-order valence-corrected chi connectivity index (χ1v) is 8.17. The second-order valence-electron chi connectivity index (χ2n) is 5.64. The highest BCUT2D eigenvalue weighted by Gasteiger charge is 2.38.